The van der Waals surface area contributed by atoms with Gasteiger partial charge in [0.2, 0.25) is 0 Å². The standard InChI is InChI=1S/C20H16N2O2S.Zn/c1-13-10-16(19-9-8-14(2)24-19)17(11-21)20(22-13)25-12-18(23)15-6-4-3-5-7-15;/h3-10H,12H2,1-2H3;/q;+2. The number of carbonyl (C=O) groups is 1. The van der Waals surface area contributed by atoms with Crippen LogP contribution in [0, 0.1) is 25.2 Å². The second kappa shape index (κ2) is 8.94. The van der Waals surface area contributed by atoms with Crippen LogP contribution in [0.15, 0.2) is 58.0 Å². The van der Waals surface area contributed by atoms with Crippen molar-refractivity contribution in [3.63, 3.8) is 0 Å². The summed E-state index contributed by atoms with van der Waals surface area (Å²) in [4.78, 5) is 16.8. The molecule has 0 atom stereocenters. The number of pyridine rings is 1. The summed E-state index contributed by atoms with van der Waals surface area (Å²) in [5, 5.41) is 10.2. The fourth-order valence-corrected chi connectivity index (χ4v) is 3.41. The van der Waals surface area contributed by atoms with Crippen LogP contribution in [0.5, 0.6) is 0 Å². The van der Waals surface area contributed by atoms with Crippen LogP contribution in [0.25, 0.3) is 11.3 Å². The molecular weight excluding hydrogens is 398 g/mol. The number of hydrogen-bond donors (Lipinski definition) is 0. The average molecular weight is 414 g/mol. The normalized spacial score (nSPS) is 10.0. The maximum Gasteiger partial charge on any atom is 2.00 e. The molecule has 0 N–H and O–H groups in total. The topological polar surface area (TPSA) is 66.9 Å². The third-order valence-corrected chi connectivity index (χ3v) is 4.64. The van der Waals surface area contributed by atoms with Crippen molar-refractivity contribution in [3.8, 4) is 17.4 Å². The van der Waals surface area contributed by atoms with Gasteiger partial charge in [0.25, 0.3) is 0 Å². The van der Waals surface area contributed by atoms with Gasteiger partial charge in [-0.2, -0.15) is 5.26 Å². The summed E-state index contributed by atoms with van der Waals surface area (Å²) in [6.45, 7) is 3.72. The maximum atomic E-state index is 12.3. The number of benzene rings is 1. The number of rotatable bonds is 5. The predicted octanol–water partition coefficient (Wildman–Crippen LogP) is 4.80. The molecule has 0 unspecified atom stereocenters. The average Bonchev–Trinajstić information content (AvgIpc) is 3.06. The summed E-state index contributed by atoms with van der Waals surface area (Å²) < 4.78 is 5.66. The summed E-state index contributed by atoms with van der Waals surface area (Å²) >= 11 is 1.28. The Kier molecular flexibility index (Phi) is 6.91. The Morgan fingerprint density at radius 2 is 1.92 bits per heavy atom. The summed E-state index contributed by atoms with van der Waals surface area (Å²) in [6.07, 6.45) is 0. The van der Waals surface area contributed by atoms with E-state index in [0.717, 1.165) is 11.5 Å². The number of hydrogen-bond acceptors (Lipinski definition) is 5. The van der Waals surface area contributed by atoms with Crippen molar-refractivity contribution >= 4 is 17.5 Å². The van der Waals surface area contributed by atoms with Crippen molar-refractivity contribution < 1.29 is 28.7 Å². The summed E-state index contributed by atoms with van der Waals surface area (Å²) in [7, 11) is 0. The zero-order valence-corrected chi connectivity index (χ0v) is 18.4. The van der Waals surface area contributed by atoms with Crippen LogP contribution in [0.3, 0.4) is 0 Å². The molecule has 0 spiro atoms. The largest absolute Gasteiger partial charge is 2.00 e. The first kappa shape index (κ1) is 20.1. The van der Waals surface area contributed by atoms with Crippen molar-refractivity contribution in [1.82, 2.24) is 4.98 Å². The van der Waals surface area contributed by atoms with Crippen LogP contribution in [0.4, 0.5) is 0 Å². The molecule has 0 bridgehead atoms. The van der Waals surface area contributed by atoms with Crippen molar-refractivity contribution in [1.29, 1.82) is 5.26 Å². The molecule has 1 aromatic carbocycles. The van der Waals surface area contributed by atoms with Gasteiger partial charge in [-0.25, -0.2) is 4.98 Å². The van der Waals surface area contributed by atoms with E-state index in [1.165, 1.54) is 11.8 Å². The minimum atomic E-state index is 0. The summed E-state index contributed by atoms with van der Waals surface area (Å²) in [5.41, 5.74) is 2.57. The van der Waals surface area contributed by atoms with Crippen molar-refractivity contribution in [3.05, 3.63) is 71.1 Å². The second-order valence-electron chi connectivity index (χ2n) is 5.59. The number of ketones is 1. The molecule has 0 saturated carbocycles. The zero-order chi connectivity index (χ0) is 17.8. The van der Waals surface area contributed by atoms with E-state index in [1.807, 2.05) is 50.2 Å². The van der Waals surface area contributed by atoms with E-state index >= 15 is 0 Å². The van der Waals surface area contributed by atoms with Gasteiger partial charge in [0.05, 0.1) is 11.3 Å². The van der Waals surface area contributed by atoms with Gasteiger partial charge in [-0.1, -0.05) is 42.1 Å². The van der Waals surface area contributed by atoms with E-state index in [2.05, 4.69) is 11.1 Å². The van der Waals surface area contributed by atoms with Crippen molar-refractivity contribution in [2.24, 2.45) is 0 Å². The van der Waals surface area contributed by atoms with Gasteiger partial charge in [0, 0.05) is 16.8 Å². The van der Waals surface area contributed by atoms with E-state index in [0.29, 0.717) is 27.5 Å². The maximum absolute atomic E-state index is 12.3. The van der Waals surface area contributed by atoms with Crippen LogP contribution < -0.4 is 0 Å². The summed E-state index contributed by atoms with van der Waals surface area (Å²) in [6, 6.07) is 16.9. The number of nitrogens with zero attached hydrogens (tertiary/aromatic N) is 2. The van der Waals surface area contributed by atoms with Gasteiger partial charge in [-0.15, -0.1) is 0 Å². The fraction of sp³-hybridized carbons (Fsp3) is 0.150. The van der Waals surface area contributed by atoms with Gasteiger partial charge < -0.3 is 4.42 Å². The molecule has 2 aromatic heterocycles. The molecule has 0 amide bonds. The Labute approximate surface area is 169 Å². The molecule has 0 fully saturated rings. The van der Waals surface area contributed by atoms with Crippen LogP contribution in [0.1, 0.15) is 27.4 Å². The van der Waals surface area contributed by atoms with Gasteiger partial charge in [-0.05, 0) is 32.0 Å². The summed E-state index contributed by atoms with van der Waals surface area (Å²) in [5.74, 6) is 1.65. The third-order valence-electron chi connectivity index (χ3n) is 3.67. The number of Topliss-reactive ketones (excluding diaryl/α,β-unsaturated/α-hetero) is 1. The van der Waals surface area contributed by atoms with Gasteiger partial charge in [-0.3, -0.25) is 4.79 Å². The molecule has 0 aliphatic rings. The van der Waals surface area contributed by atoms with E-state index < -0.39 is 0 Å². The molecule has 0 saturated heterocycles. The number of aromatic nitrogens is 1. The molecule has 4 nitrogen and oxygen atoms in total. The smallest absolute Gasteiger partial charge is 0.461 e. The van der Waals surface area contributed by atoms with Gasteiger partial charge >= 0.3 is 19.5 Å². The van der Waals surface area contributed by atoms with Crippen LogP contribution >= 0.6 is 11.8 Å². The fourth-order valence-electron chi connectivity index (χ4n) is 2.47. The Balaban J connectivity index is 0.00000243. The SMILES string of the molecule is Cc1cc(-c2ccc(C)o2)c(C#N)c(SCC(=O)c2ccccc2)n1.[Zn+2]. The zero-order valence-electron chi connectivity index (χ0n) is 14.7. The Bertz CT molecular complexity index is 962. The number of nitriles is 1. The number of aryl methyl sites for hydroxylation is 2. The third kappa shape index (κ3) is 4.49. The first-order valence-electron chi connectivity index (χ1n) is 7.78. The molecule has 0 radical (unpaired) electrons. The molecular formula is C20H16N2O2SZn+2. The van der Waals surface area contributed by atoms with E-state index in [-0.39, 0.29) is 31.0 Å². The molecule has 6 heteroatoms. The van der Waals surface area contributed by atoms with Crippen LogP contribution in [-0.4, -0.2) is 16.5 Å². The molecule has 3 rings (SSSR count). The molecule has 26 heavy (non-hydrogen) atoms. The number of carbonyl (C=O) groups excluding carboxylic acids is 1. The van der Waals surface area contributed by atoms with Crippen LogP contribution in [-0.2, 0) is 19.5 Å². The first-order chi connectivity index (χ1) is 12.1. The van der Waals surface area contributed by atoms with E-state index in [4.69, 9.17) is 4.42 Å². The molecule has 2 heterocycles. The van der Waals surface area contributed by atoms with E-state index in [9.17, 15) is 10.1 Å². The number of thioether (sulfide) groups is 1. The number of furan rings is 1. The van der Waals surface area contributed by atoms with E-state index in [1.54, 1.807) is 12.1 Å². The van der Waals surface area contributed by atoms with Crippen molar-refractivity contribution in [2.75, 3.05) is 5.75 Å². The molecule has 0 aliphatic heterocycles. The minimum Gasteiger partial charge on any atom is -0.461 e. The van der Waals surface area contributed by atoms with Gasteiger partial charge in [0.1, 0.15) is 22.6 Å². The molecule has 3 aromatic rings. The Morgan fingerprint density at radius 3 is 2.54 bits per heavy atom. The first-order valence-corrected chi connectivity index (χ1v) is 8.76. The van der Waals surface area contributed by atoms with Gasteiger partial charge in [0.15, 0.2) is 5.78 Å². The molecule has 124 valence electrons. The monoisotopic (exact) mass is 412 g/mol. The Hall–Kier alpha value is -2.22. The Morgan fingerprint density at radius 1 is 1.19 bits per heavy atom. The van der Waals surface area contributed by atoms with Crippen LogP contribution in [0.2, 0.25) is 0 Å². The minimum absolute atomic E-state index is 0. The van der Waals surface area contributed by atoms with Crippen molar-refractivity contribution in [2.45, 2.75) is 18.9 Å². The predicted molar refractivity (Wildman–Crippen MR) is 97.6 cm³/mol. The quantitative estimate of drug-likeness (QED) is 0.341. The molecule has 0 aliphatic carbocycles. The second-order valence-corrected chi connectivity index (χ2v) is 6.56.